The summed E-state index contributed by atoms with van der Waals surface area (Å²) in [6.45, 7) is 6.65. The molecule has 1 heterocycles. The summed E-state index contributed by atoms with van der Waals surface area (Å²) in [7, 11) is 0. The van der Waals surface area contributed by atoms with Crippen LogP contribution in [0.4, 0.5) is 0 Å². The lowest BCUT2D eigenvalue weighted by molar-refractivity contribution is 0.0685. The number of benzene rings is 1. The summed E-state index contributed by atoms with van der Waals surface area (Å²) in [5.74, 6) is 0.781. The highest BCUT2D eigenvalue weighted by Gasteiger charge is 2.32. The molecule has 3 nitrogen and oxygen atoms in total. The summed E-state index contributed by atoms with van der Waals surface area (Å²) in [6.07, 6.45) is 4.83. The molecule has 1 aromatic rings. The van der Waals surface area contributed by atoms with Crippen LogP contribution in [0, 0.1) is 11.8 Å². The molecular formula is C18H25NO2. The molecule has 1 fully saturated rings. The molecule has 0 amide bonds. The highest BCUT2D eigenvalue weighted by Crippen LogP contribution is 2.34. The monoisotopic (exact) mass is 287 g/mol. The van der Waals surface area contributed by atoms with Gasteiger partial charge in [0.25, 0.3) is 0 Å². The number of fused-ring (bicyclic) bond motifs is 1. The third-order valence-electron chi connectivity index (χ3n) is 5.41. The van der Waals surface area contributed by atoms with E-state index in [4.69, 9.17) is 0 Å². The van der Waals surface area contributed by atoms with Gasteiger partial charge in [0.15, 0.2) is 0 Å². The minimum Gasteiger partial charge on any atom is -0.478 e. The second kappa shape index (κ2) is 5.80. The molecular weight excluding hydrogens is 262 g/mol. The van der Waals surface area contributed by atoms with E-state index in [1.54, 1.807) is 6.07 Å². The van der Waals surface area contributed by atoms with E-state index in [-0.39, 0.29) is 0 Å². The average Bonchev–Trinajstić information content (AvgIpc) is 2.48. The lowest BCUT2D eigenvalue weighted by Crippen LogP contribution is -2.45. The van der Waals surface area contributed by atoms with Crippen LogP contribution in [0.3, 0.4) is 0 Å². The second-order valence-corrected chi connectivity index (χ2v) is 6.93. The summed E-state index contributed by atoms with van der Waals surface area (Å²) in [6, 6.07) is 6.39. The maximum Gasteiger partial charge on any atom is 0.335 e. The molecule has 114 valence electrons. The third kappa shape index (κ3) is 2.84. The van der Waals surface area contributed by atoms with E-state index in [0.717, 1.165) is 36.9 Å². The van der Waals surface area contributed by atoms with Crippen molar-refractivity contribution in [2.75, 3.05) is 6.54 Å². The van der Waals surface area contributed by atoms with Gasteiger partial charge in [-0.3, -0.25) is 4.90 Å². The molecule has 1 saturated carbocycles. The Morgan fingerprint density at radius 3 is 2.86 bits per heavy atom. The summed E-state index contributed by atoms with van der Waals surface area (Å²) < 4.78 is 0. The topological polar surface area (TPSA) is 40.5 Å². The number of carboxylic acid groups (broad SMARTS) is 1. The number of carbonyl (C=O) groups is 1. The van der Waals surface area contributed by atoms with Crippen LogP contribution in [0.5, 0.6) is 0 Å². The quantitative estimate of drug-likeness (QED) is 0.904. The van der Waals surface area contributed by atoms with Crippen LogP contribution in [0.25, 0.3) is 0 Å². The van der Waals surface area contributed by atoms with Crippen LogP contribution in [0.15, 0.2) is 18.2 Å². The Kier molecular flexibility index (Phi) is 4.03. The van der Waals surface area contributed by atoms with Crippen molar-refractivity contribution in [3.8, 4) is 0 Å². The number of hydrogen-bond donors (Lipinski definition) is 1. The summed E-state index contributed by atoms with van der Waals surface area (Å²) >= 11 is 0. The molecule has 0 radical (unpaired) electrons. The maximum absolute atomic E-state index is 11.3. The van der Waals surface area contributed by atoms with Crippen LogP contribution < -0.4 is 0 Å². The summed E-state index contributed by atoms with van der Waals surface area (Å²) in [4.78, 5) is 13.9. The molecule has 1 aromatic carbocycles. The van der Waals surface area contributed by atoms with E-state index in [1.807, 2.05) is 6.07 Å². The van der Waals surface area contributed by atoms with E-state index in [0.29, 0.717) is 11.6 Å². The summed E-state index contributed by atoms with van der Waals surface area (Å²) in [5.41, 5.74) is 2.77. The van der Waals surface area contributed by atoms with Gasteiger partial charge in [0, 0.05) is 19.1 Å². The van der Waals surface area contributed by atoms with E-state index in [1.165, 1.54) is 24.8 Å². The molecule has 1 N–H and O–H groups in total. The molecule has 1 aliphatic heterocycles. The molecule has 0 bridgehead atoms. The first-order valence-electron chi connectivity index (χ1n) is 8.14. The van der Waals surface area contributed by atoms with Crippen molar-refractivity contribution in [2.45, 2.75) is 52.1 Å². The zero-order valence-corrected chi connectivity index (χ0v) is 13.0. The van der Waals surface area contributed by atoms with Gasteiger partial charge in [0.2, 0.25) is 0 Å². The van der Waals surface area contributed by atoms with E-state index >= 15 is 0 Å². The predicted octanol–water partition coefficient (Wildman–Crippen LogP) is 3.57. The van der Waals surface area contributed by atoms with Gasteiger partial charge in [0.1, 0.15) is 0 Å². The van der Waals surface area contributed by atoms with Crippen molar-refractivity contribution in [3.63, 3.8) is 0 Å². The first-order chi connectivity index (χ1) is 10.1. The van der Waals surface area contributed by atoms with Gasteiger partial charge in [-0.25, -0.2) is 4.79 Å². The Labute approximate surface area is 127 Å². The fourth-order valence-electron chi connectivity index (χ4n) is 4.13. The molecule has 3 rings (SSSR count). The predicted molar refractivity (Wildman–Crippen MR) is 83.5 cm³/mol. The number of carboxylic acids is 1. The molecule has 0 aromatic heterocycles. The number of hydrogen-bond acceptors (Lipinski definition) is 2. The lowest BCUT2D eigenvalue weighted by Gasteiger charge is -2.43. The molecule has 3 unspecified atom stereocenters. The number of nitrogens with zero attached hydrogens (tertiary/aromatic N) is 1. The molecule has 3 atom stereocenters. The molecule has 0 saturated heterocycles. The fraction of sp³-hybridized carbons (Fsp3) is 0.611. The maximum atomic E-state index is 11.3. The standard InChI is InChI=1S/C18H25NO2/c1-12-6-7-13(2)17(10-12)19-9-8-15-14(11-19)4-3-5-16(15)18(20)21/h3-5,12-13,17H,6-11H2,1-2H3,(H,20,21). The van der Waals surface area contributed by atoms with Gasteiger partial charge >= 0.3 is 5.97 Å². The van der Waals surface area contributed by atoms with Gasteiger partial charge in [-0.1, -0.05) is 32.4 Å². The van der Waals surface area contributed by atoms with Crippen molar-refractivity contribution in [3.05, 3.63) is 34.9 Å². The van der Waals surface area contributed by atoms with Gasteiger partial charge in [-0.05, 0) is 48.3 Å². The van der Waals surface area contributed by atoms with Crippen molar-refractivity contribution >= 4 is 5.97 Å². The Morgan fingerprint density at radius 1 is 1.29 bits per heavy atom. The van der Waals surface area contributed by atoms with Gasteiger partial charge in [-0.15, -0.1) is 0 Å². The van der Waals surface area contributed by atoms with Crippen LogP contribution in [-0.2, 0) is 13.0 Å². The van der Waals surface area contributed by atoms with Crippen LogP contribution in [0.1, 0.15) is 54.6 Å². The zero-order valence-electron chi connectivity index (χ0n) is 13.0. The average molecular weight is 287 g/mol. The number of rotatable bonds is 2. The first-order valence-corrected chi connectivity index (χ1v) is 8.14. The van der Waals surface area contributed by atoms with Gasteiger partial charge in [-0.2, -0.15) is 0 Å². The smallest absolute Gasteiger partial charge is 0.335 e. The second-order valence-electron chi connectivity index (χ2n) is 6.93. The highest BCUT2D eigenvalue weighted by atomic mass is 16.4. The summed E-state index contributed by atoms with van der Waals surface area (Å²) in [5, 5.41) is 9.32. The van der Waals surface area contributed by atoms with E-state index in [2.05, 4.69) is 24.8 Å². The first kappa shape index (κ1) is 14.6. The van der Waals surface area contributed by atoms with Crippen molar-refractivity contribution in [1.82, 2.24) is 4.90 Å². The van der Waals surface area contributed by atoms with Gasteiger partial charge in [0.05, 0.1) is 5.56 Å². The molecule has 0 spiro atoms. The molecule has 1 aliphatic carbocycles. The Bertz CT molecular complexity index is 540. The number of aromatic carboxylic acids is 1. The molecule has 2 aliphatic rings. The van der Waals surface area contributed by atoms with E-state index in [9.17, 15) is 9.90 Å². The minimum absolute atomic E-state index is 0.497. The van der Waals surface area contributed by atoms with Crippen LogP contribution >= 0.6 is 0 Å². The Balaban J connectivity index is 1.81. The molecule has 3 heteroatoms. The van der Waals surface area contributed by atoms with Crippen molar-refractivity contribution in [2.24, 2.45) is 11.8 Å². The minimum atomic E-state index is -0.792. The third-order valence-corrected chi connectivity index (χ3v) is 5.41. The Hall–Kier alpha value is -1.35. The highest BCUT2D eigenvalue weighted by molar-refractivity contribution is 5.89. The zero-order chi connectivity index (χ0) is 15.0. The van der Waals surface area contributed by atoms with Crippen LogP contribution in [-0.4, -0.2) is 28.6 Å². The lowest BCUT2D eigenvalue weighted by atomic mass is 9.78. The van der Waals surface area contributed by atoms with Crippen molar-refractivity contribution in [1.29, 1.82) is 0 Å². The van der Waals surface area contributed by atoms with Gasteiger partial charge < -0.3 is 5.11 Å². The van der Waals surface area contributed by atoms with E-state index < -0.39 is 5.97 Å². The SMILES string of the molecule is CC1CCC(C)C(N2CCc3c(cccc3C(=O)O)C2)C1. The van der Waals surface area contributed by atoms with Crippen molar-refractivity contribution < 1.29 is 9.90 Å². The van der Waals surface area contributed by atoms with Crippen LogP contribution in [0.2, 0.25) is 0 Å². The fourth-order valence-corrected chi connectivity index (χ4v) is 4.13. The Morgan fingerprint density at radius 2 is 2.10 bits per heavy atom. The molecule has 21 heavy (non-hydrogen) atoms. The normalized spacial score (nSPS) is 29.9. The largest absolute Gasteiger partial charge is 0.478 e.